The summed E-state index contributed by atoms with van der Waals surface area (Å²) in [6.45, 7) is 2.59. The minimum Gasteiger partial charge on any atom is -0.380 e. The van der Waals surface area contributed by atoms with Crippen molar-refractivity contribution in [3.63, 3.8) is 0 Å². The molecular formula is C12H13BrClFN2O. The van der Waals surface area contributed by atoms with Gasteiger partial charge in [0.25, 0.3) is 0 Å². The van der Waals surface area contributed by atoms with Gasteiger partial charge in [-0.3, -0.25) is 0 Å². The average Bonchev–Trinajstić information content (AvgIpc) is 2.67. The van der Waals surface area contributed by atoms with Crippen LogP contribution in [0, 0.1) is 5.82 Å². The molecule has 0 aliphatic heterocycles. The molecule has 3 nitrogen and oxygen atoms in total. The Bertz CT molecular complexity index is 573. The van der Waals surface area contributed by atoms with Crippen molar-refractivity contribution in [1.82, 2.24) is 9.55 Å². The highest BCUT2D eigenvalue weighted by atomic mass is 79.9. The van der Waals surface area contributed by atoms with Crippen molar-refractivity contribution >= 4 is 38.6 Å². The van der Waals surface area contributed by atoms with Gasteiger partial charge in [0.05, 0.1) is 34.0 Å². The van der Waals surface area contributed by atoms with Crippen LogP contribution in [0.2, 0.25) is 0 Å². The molecule has 6 heteroatoms. The molecule has 0 saturated heterocycles. The predicted molar refractivity (Wildman–Crippen MR) is 73.4 cm³/mol. The fourth-order valence-corrected chi connectivity index (χ4v) is 2.34. The summed E-state index contributed by atoms with van der Waals surface area (Å²) in [6.07, 6.45) is 0.0354. The minimum atomic E-state index is -0.326. The molecule has 1 aromatic carbocycles. The summed E-state index contributed by atoms with van der Waals surface area (Å²) < 4.78 is 21.1. The Morgan fingerprint density at radius 3 is 2.89 bits per heavy atom. The summed E-state index contributed by atoms with van der Waals surface area (Å²) >= 11 is 9.06. The van der Waals surface area contributed by atoms with E-state index in [0.717, 1.165) is 5.52 Å². The number of hydrogen-bond acceptors (Lipinski definition) is 2. The number of ether oxygens (including phenoxy) is 1. The molecule has 0 aliphatic carbocycles. The largest absolute Gasteiger partial charge is 0.380 e. The summed E-state index contributed by atoms with van der Waals surface area (Å²) in [5.41, 5.74) is 1.46. The van der Waals surface area contributed by atoms with Crippen LogP contribution >= 0.6 is 27.5 Å². The fourth-order valence-electron chi connectivity index (χ4n) is 1.81. The normalized spacial score (nSPS) is 13.2. The van der Waals surface area contributed by atoms with Crippen molar-refractivity contribution in [2.45, 2.75) is 25.5 Å². The van der Waals surface area contributed by atoms with Gasteiger partial charge in [0, 0.05) is 13.2 Å². The molecule has 0 N–H and O–H groups in total. The van der Waals surface area contributed by atoms with Gasteiger partial charge in [-0.1, -0.05) is 0 Å². The van der Waals surface area contributed by atoms with E-state index in [9.17, 15) is 4.39 Å². The Morgan fingerprint density at radius 2 is 2.28 bits per heavy atom. The lowest BCUT2D eigenvalue weighted by atomic mass is 10.3. The Labute approximate surface area is 118 Å². The number of fused-ring (bicyclic) bond motifs is 1. The average molecular weight is 336 g/mol. The molecule has 2 rings (SSSR count). The molecule has 0 fully saturated rings. The summed E-state index contributed by atoms with van der Waals surface area (Å²) in [6, 6.07) is 3.12. The zero-order valence-corrected chi connectivity index (χ0v) is 12.4. The zero-order valence-electron chi connectivity index (χ0n) is 10.1. The van der Waals surface area contributed by atoms with Crippen LogP contribution in [-0.2, 0) is 17.2 Å². The molecule has 1 atom stereocenters. The van der Waals surface area contributed by atoms with Crippen LogP contribution in [0.1, 0.15) is 12.7 Å². The number of imidazole rings is 1. The zero-order chi connectivity index (χ0) is 13.3. The summed E-state index contributed by atoms with van der Waals surface area (Å²) in [5.74, 6) is 0.672. The first-order valence-corrected chi connectivity index (χ1v) is 6.82. The van der Waals surface area contributed by atoms with Gasteiger partial charge in [-0.05, 0) is 28.9 Å². The van der Waals surface area contributed by atoms with Crippen LogP contribution in [-0.4, -0.2) is 22.8 Å². The second-order valence-corrected chi connectivity index (χ2v) is 5.20. The second kappa shape index (κ2) is 5.55. The van der Waals surface area contributed by atoms with E-state index in [0.29, 0.717) is 22.4 Å². The number of hydrogen-bond donors (Lipinski definition) is 0. The number of methoxy groups -OCH3 is 1. The third-order valence-electron chi connectivity index (χ3n) is 2.83. The highest BCUT2D eigenvalue weighted by Crippen LogP contribution is 2.25. The number of nitrogens with zero attached hydrogens (tertiary/aromatic N) is 2. The van der Waals surface area contributed by atoms with Crippen LogP contribution in [0.3, 0.4) is 0 Å². The van der Waals surface area contributed by atoms with Gasteiger partial charge in [0.1, 0.15) is 11.6 Å². The quantitative estimate of drug-likeness (QED) is 0.796. The number of alkyl halides is 1. The van der Waals surface area contributed by atoms with E-state index < -0.39 is 0 Å². The lowest BCUT2D eigenvalue weighted by Gasteiger charge is -2.13. The second-order valence-electron chi connectivity index (χ2n) is 4.07. The predicted octanol–water partition coefficient (Wildman–Crippen LogP) is 3.71. The van der Waals surface area contributed by atoms with E-state index in [1.807, 2.05) is 11.5 Å². The third kappa shape index (κ3) is 2.53. The minimum absolute atomic E-state index is 0.0354. The molecule has 0 amide bonds. The SMILES string of the molecule is COC(C)Cn1c(CCl)nc2cc(F)c(Br)cc21. The first-order chi connectivity index (χ1) is 8.56. The van der Waals surface area contributed by atoms with Gasteiger partial charge < -0.3 is 9.30 Å². The molecule has 0 spiro atoms. The van der Waals surface area contributed by atoms with Crippen molar-refractivity contribution in [1.29, 1.82) is 0 Å². The van der Waals surface area contributed by atoms with Crippen LogP contribution in [0.5, 0.6) is 0 Å². The topological polar surface area (TPSA) is 27.1 Å². The molecule has 0 aliphatic rings. The van der Waals surface area contributed by atoms with Crippen molar-refractivity contribution in [3.05, 3.63) is 28.2 Å². The van der Waals surface area contributed by atoms with Gasteiger partial charge in [-0.15, -0.1) is 11.6 Å². The highest BCUT2D eigenvalue weighted by molar-refractivity contribution is 9.10. The lowest BCUT2D eigenvalue weighted by molar-refractivity contribution is 0.103. The Balaban J connectivity index is 2.57. The molecular weight excluding hydrogens is 322 g/mol. The maximum absolute atomic E-state index is 13.5. The molecule has 2 aromatic rings. The van der Waals surface area contributed by atoms with Crippen molar-refractivity contribution in [2.24, 2.45) is 0 Å². The van der Waals surface area contributed by atoms with Gasteiger partial charge in [0.2, 0.25) is 0 Å². The number of rotatable bonds is 4. The standard InChI is InChI=1S/C12H13BrClFN2O/c1-7(18-2)6-17-11-3-8(13)9(15)4-10(11)16-12(17)5-14/h3-4,7H,5-6H2,1-2H3. The van der Waals surface area contributed by atoms with E-state index in [4.69, 9.17) is 16.3 Å². The first-order valence-electron chi connectivity index (χ1n) is 5.49. The molecule has 18 heavy (non-hydrogen) atoms. The van der Waals surface area contributed by atoms with Gasteiger partial charge in [-0.2, -0.15) is 0 Å². The number of halogens is 3. The molecule has 0 bridgehead atoms. The van der Waals surface area contributed by atoms with Crippen LogP contribution in [0.15, 0.2) is 16.6 Å². The number of benzene rings is 1. The van der Waals surface area contributed by atoms with Crippen LogP contribution in [0.25, 0.3) is 11.0 Å². The van der Waals surface area contributed by atoms with E-state index in [1.54, 1.807) is 13.2 Å². The lowest BCUT2D eigenvalue weighted by Crippen LogP contribution is -2.16. The first kappa shape index (κ1) is 13.8. The smallest absolute Gasteiger partial charge is 0.139 e. The van der Waals surface area contributed by atoms with Gasteiger partial charge in [0.15, 0.2) is 0 Å². The fraction of sp³-hybridized carbons (Fsp3) is 0.417. The Kier molecular flexibility index (Phi) is 4.25. The van der Waals surface area contributed by atoms with E-state index in [1.165, 1.54) is 6.07 Å². The molecule has 98 valence electrons. The molecule has 0 saturated carbocycles. The Hall–Kier alpha value is -0.650. The summed E-state index contributed by atoms with van der Waals surface area (Å²) in [4.78, 5) is 4.34. The van der Waals surface area contributed by atoms with Gasteiger partial charge in [-0.25, -0.2) is 9.37 Å². The van der Waals surface area contributed by atoms with Crippen LogP contribution in [0.4, 0.5) is 4.39 Å². The highest BCUT2D eigenvalue weighted by Gasteiger charge is 2.14. The molecule has 0 radical (unpaired) electrons. The summed E-state index contributed by atoms with van der Waals surface area (Å²) in [5, 5.41) is 0. The van der Waals surface area contributed by atoms with Crippen molar-refractivity contribution in [3.8, 4) is 0 Å². The molecule has 1 aromatic heterocycles. The van der Waals surface area contributed by atoms with Crippen LogP contribution < -0.4 is 0 Å². The van der Waals surface area contributed by atoms with E-state index in [-0.39, 0.29) is 17.8 Å². The molecule has 1 unspecified atom stereocenters. The molecule has 1 heterocycles. The monoisotopic (exact) mass is 334 g/mol. The Morgan fingerprint density at radius 1 is 1.56 bits per heavy atom. The number of aromatic nitrogens is 2. The van der Waals surface area contributed by atoms with Gasteiger partial charge >= 0.3 is 0 Å². The van der Waals surface area contributed by atoms with Crippen molar-refractivity contribution < 1.29 is 9.13 Å². The summed E-state index contributed by atoms with van der Waals surface area (Å²) in [7, 11) is 1.65. The third-order valence-corrected chi connectivity index (χ3v) is 3.68. The maximum Gasteiger partial charge on any atom is 0.139 e. The maximum atomic E-state index is 13.5. The van der Waals surface area contributed by atoms with Crippen molar-refractivity contribution in [2.75, 3.05) is 7.11 Å². The van der Waals surface area contributed by atoms with E-state index in [2.05, 4.69) is 20.9 Å². The van der Waals surface area contributed by atoms with E-state index >= 15 is 0 Å².